The van der Waals surface area contributed by atoms with Gasteiger partial charge in [-0.1, -0.05) is 26.7 Å². The van der Waals surface area contributed by atoms with E-state index in [1.165, 1.54) is 36.7 Å². The van der Waals surface area contributed by atoms with Gasteiger partial charge in [0.1, 0.15) is 0 Å². The van der Waals surface area contributed by atoms with Crippen molar-refractivity contribution in [3.05, 3.63) is 54.4 Å². The van der Waals surface area contributed by atoms with Gasteiger partial charge < -0.3 is 10.1 Å². The van der Waals surface area contributed by atoms with Gasteiger partial charge in [0.25, 0.3) is 15.9 Å². The number of hydrogen-bond acceptors (Lipinski definition) is 5. The van der Waals surface area contributed by atoms with Crippen molar-refractivity contribution in [3.8, 4) is 0 Å². The van der Waals surface area contributed by atoms with Crippen molar-refractivity contribution >= 4 is 21.6 Å². The van der Waals surface area contributed by atoms with Gasteiger partial charge in [-0.25, -0.2) is 8.42 Å². The van der Waals surface area contributed by atoms with E-state index >= 15 is 0 Å². The summed E-state index contributed by atoms with van der Waals surface area (Å²) in [5.74, 6) is 0.227. The Morgan fingerprint density at radius 2 is 1.69 bits per heavy atom. The summed E-state index contributed by atoms with van der Waals surface area (Å²) < 4.78 is 32.9. The van der Waals surface area contributed by atoms with Crippen molar-refractivity contribution in [1.29, 1.82) is 0 Å². The highest BCUT2D eigenvalue weighted by atomic mass is 32.2. The first kappa shape index (κ1) is 22.8. The number of methoxy groups -OCH3 is 1. The van der Waals surface area contributed by atoms with Gasteiger partial charge in [-0.05, 0) is 48.7 Å². The van der Waals surface area contributed by atoms with E-state index in [1.807, 2.05) is 0 Å². The molecule has 0 spiro atoms. The van der Waals surface area contributed by atoms with Crippen LogP contribution in [0.4, 0.5) is 5.69 Å². The normalized spacial score (nSPS) is 12.6. The number of nitrogens with one attached hydrogen (secondary N) is 2. The lowest BCUT2D eigenvalue weighted by molar-refractivity contribution is 0.0420. The van der Waals surface area contributed by atoms with Gasteiger partial charge in [-0.3, -0.25) is 14.5 Å². The molecule has 8 heteroatoms. The summed E-state index contributed by atoms with van der Waals surface area (Å²) in [4.78, 5) is 16.3. The lowest BCUT2D eigenvalue weighted by Crippen LogP contribution is -2.30. The summed E-state index contributed by atoms with van der Waals surface area (Å²) in [6.07, 6.45) is 5.91. The Morgan fingerprint density at radius 3 is 2.24 bits per heavy atom. The largest absolute Gasteiger partial charge is 0.381 e. The first-order chi connectivity index (χ1) is 13.9. The molecule has 158 valence electrons. The number of aromatic nitrogens is 1. The minimum Gasteiger partial charge on any atom is -0.381 e. The molecular weight excluding hydrogens is 390 g/mol. The molecule has 1 aromatic heterocycles. The smallest absolute Gasteiger partial charge is 0.261 e. The van der Waals surface area contributed by atoms with E-state index in [-0.39, 0.29) is 16.9 Å². The first-order valence-corrected chi connectivity index (χ1v) is 11.2. The second-order valence-electron chi connectivity index (χ2n) is 6.76. The van der Waals surface area contributed by atoms with Crippen molar-refractivity contribution in [2.75, 3.05) is 18.4 Å². The molecule has 1 heterocycles. The molecule has 0 aliphatic rings. The third-order valence-corrected chi connectivity index (χ3v) is 6.35. The van der Waals surface area contributed by atoms with Gasteiger partial charge in [0.05, 0.1) is 16.7 Å². The second-order valence-corrected chi connectivity index (χ2v) is 8.44. The number of benzene rings is 1. The number of rotatable bonds is 11. The van der Waals surface area contributed by atoms with Crippen LogP contribution in [0.1, 0.15) is 43.5 Å². The van der Waals surface area contributed by atoms with Crippen LogP contribution in [-0.4, -0.2) is 39.1 Å². The van der Waals surface area contributed by atoms with Crippen LogP contribution >= 0.6 is 0 Å². The van der Waals surface area contributed by atoms with Crippen LogP contribution in [0.5, 0.6) is 0 Å². The van der Waals surface area contributed by atoms with E-state index in [0.29, 0.717) is 23.7 Å². The Kier molecular flexibility index (Phi) is 8.60. The van der Waals surface area contributed by atoms with E-state index in [1.54, 1.807) is 19.2 Å². The summed E-state index contributed by atoms with van der Waals surface area (Å²) in [5, 5.41) is 2.87. The summed E-state index contributed by atoms with van der Waals surface area (Å²) >= 11 is 0. The van der Waals surface area contributed by atoms with E-state index in [2.05, 4.69) is 28.9 Å². The zero-order valence-corrected chi connectivity index (χ0v) is 17.9. The fourth-order valence-corrected chi connectivity index (χ4v) is 4.27. The number of carbonyl (C=O) groups excluding carboxylic acids is 1. The fourth-order valence-electron chi connectivity index (χ4n) is 3.21. The van der Waals surface area contributed by atoms with Gasteiger partial charge in [-0.15, -0.1) is 0 Å². The van der Waals surface area contributed by atoms with Crippen molar-refractivity contribution < 1.29 is 17.9 Å². The first-order valence-electron chi connectivity index (χ1n) is 9.75. The van der Waals surface area contributed by atoms with E-state index in [4.69, 9.17) is 4.74 Å². The molecule has 1 aromatic carbocycles. The van der Waals surface area contributed by atoms with Crippen molar-refractivity contribution in [2.45, 2.75) is 44.1 Å². The molecule has 0 aliphatic carbocycles. The number of amides is 1. The Labute approximate surface area is 172 Å². The number of sulfonamides is 1. The highest BCUT2D eigenvalue weighted by Crippen LogP contribution is 2.19. The van der Waals surface area contributed by atoms with E-state index in [9.17, 15) is 13.2 Å². The number of ether oxygens (including phenoxy) is 1. The van der Waals surface area contributed by atoms with Crippen LogP contribution in [0, 0.1) is 5.92 Å². The number of hydrogen-bond donors (Lipinski definition) is 2. The van der Waals surface area contributed by atoms with Gasteiger partial charge >= 0.3 is 0 Å². The quantitative estimate of drug-likeness (QED) is 0.581. The molecule has 1 atom stereocenters. The SMILES string of the molecule is CCC(CC)C(CCNC(=O)c1ccc(S(=O)(=O)Nc2ccncc2)cc1)OC. The van der Waals surface area contributed by atoms with Gasteiger partial charge in [0.2, 0.25) is 0 Å². The van der Waals surface area contributed by atoms with Crippen molar-refractivity contribution in [2.24, 2.45) is 5.92 Å². The monoisotopic (exact) mass is 419 g/mol. The van der Waals surface area contributed by atoms with Crippen LogP contribution in [0.15, 0.2) is 53.7 Å². The Morgan fingerprint density at radius 1 is 1.07 bits per heavy atom. The Balaban J connectivity index is 1.94. The highest BCUT2D eigenvalue weighted by molar-refractivity contribution is 7.92. The second kappa shape index (κ2) is 10.9. The lowest BCUT2D eigenvalue weighted by atomic mass is 9.94. The van der Waals surface area contributed by atoms with Crippen molar-refractivity contribution in [3.63, 3.8) is 0 Å². The van der Waals surface area contributed by atoms with E-state index in [0.717, 1.165) is 19.3 Å². The van der Waals surface area contributed by atoms with Gasteiger partial charge in [-0.2, -0.15) is 0 Å². The number of anilines is 1. The van der Waals surface area contributed by atoms with Crippen LogP contribution in [0.25, 0.3) is 0 Å². The minimum absolute atomic E-state index is 0.0824. The Bertz CT molecular complexity index is 867. The zero-order chi connectivity index (χ0) is 21.3. The molecule has 7 nitrogen and oxygen atoms in total. The molecule has 0 radical (unpaired) electrons. The molecule has 0 saturated carbocycles. The molecule has 0 aliphatic heterocycles. The van der Waals surface area contributed by atoms with E-state index < -0.39 is 10.0 Å². The molecule has 1 amide bonds. The zero-order valence-electron chi connectivity index (χ0n) is 17.1. The molecular formula is C21H29N3O4S. The molecule has 2 rings (SSSR count). The molecule has 2 N–H and O–H groups in total. The van der Waals surface area contributed by atoms with Crippen LogP contribution < -0.4 is 10.0 Å². The maximum atomic E-state index is 12.4. The third kappa shape index (κ3) is 6.54. The predicted octanol–water partition coefficient (Wildman–Crippen LogP) is 3.45. The summed E-state index contributed by atoms with van der Waals surface area (Å²) in [7, 11) is -2.03. The molecule has 0 saturated heterocycles. The van der Waals surface area contributed by atoms with Crippen molar-refractivity contribution in [1.82, 2.24) is 10.3 Å². The topological polar surface area (TPSA) is 97.4 Å². The predicted molar refractivity (Wildman–Crippen MR) is 113 cm³/mol. The molecule has 29 heavy (non-hydrogen) atoms. The lowest BCUT2D eigenvalue weighted by Gasteiger charge is -2.24. The standard InChI is InChI=1S/C21H29N3O4S/c1-4-16(5-2)20(28-3)12-15-23-21(25)17-6-8-19(9-7-17)29(26,27)24-18-10-13-22-14-11-18/h6-11,13-14,16,20H,4-5,12,15H2,1-3H3,(H,22,24)(H,23,25). The molecule has 1 unspecified atom stereocenters. The fraction of sp³-hybridized carbons (Fsp3) is 0.429. The maximum Gasteiger partial charge on any atom is 0.261 e. The highest BCUT2D eigenvalue weighted by Gasteiger charge is 2.18. The summed E-state index contributed by atoms with van der Waals surface area (Å²) in [5.41, 5.74) is 0.830. The summed E-state index contributed by atoms with van der Waals surface area (Å²) in [6, 6.07) is 8.97. The average Bonchev–Trinajstić information content (AvgIpc) is 2.73. The molecule has 0 fully saturated rings. The number of nitrogens with zero attached hydrogens (tertiary/aromatic N) is 1. The third-order valence-electron chi connectivity index (χ3n) is 4.95. The number of pyridine rings is 1. The molecule has 0 bridgehead atoms. The van der Waals surface area contributed by atoms with Crippen LogP contribution in [0.2, 0.25) is 0 Å². The maximum absolute atomic E-state index is 12.4. The van der Waals surface area contributed by atoms with Crippen LogP contribution in [-0.2, 0) is 14.8 Å². The van der Waals surface area contributed by atoms with Crippen LogP contribution in [0.3, 0.4) is 0 Å². The number of carbonyl (C=O) groups is 1. The minimum atomic E-state index is -3.73. The van der Waals surface area contributed by atoms with Gasteiger partial charge in [0, 0.05) is 31.6 Å². The summed E-state index contributed by atoms with van der Waals surface area (Å²) in [6.45, 7) is 4.77. The average molecular weight is 420 g/mol. The molecule has 2 aromatic rings. The van der Waals surface area contributed by atoms with Gasteiger partial charge in [0.15, 0.2) is 0 Å². The Hall–Kier alpha value is -2.45.